The normalized spacial score (nSPS) is 14.8. The number of aliphatic carboxylic acids is 1. The summed E-state index contributed by atoms with van der Waals surface area (Å²) in [6, 6.07) is 4.14. The van der Waals surface area contributed by atoms with Gasteiger partial charge < -0.3 is 31.9 Å². The van der Waals surface area contributed by atoms with Crippen molar-refractivity contribution in [3.63, 3.8) is 0 Å². The first-order valence-electron chi connectivity index (χ1n) is 8.84. The molecule has 0 aromatic heterocycles. The number of hydrogen-bond donors (Lipinski definition) is 7. The summed E-state index contributed by atoms with van der Waals surface area (Å²) < 4.78 is 0. The first kappa shape index (κ1) is 24.4. The van der Waals surface area contributed by atoms with E-state index in [1.807, 2.05) is 0 Å². The van der Waals surface area contributed by atoms with Crippen molar-refractivity contribution in [3.05, 3.63) is 35.9 Å². The predicted octanol–water partition coefficient (Wildman–Crippen LogP) is -1.96. The van der Waals surface area contributed by atoms with E-state index in [1.54, 1.807) is 30.3 Å². The van der Waals surface area contributed by atoms with Gasteiger partial charge in [-0.05, 0) is 12.5 Å². The molecular weight excluding hydrogens is 400 g/mol. The van der Waals surface area contributed by atoms with Crippen LogP contribution >= 0.6 is 12.6 Å². The molecule has 10 nitrogen and oxygen atoms in total. The van der Waals surface area contributed by atoms with E-state index in [0.717, 1.165) is 0 Å². The number of nitrogens with two attached hydrogens (primary N) is 1. The van der Waals surface area contributed by atoms with E-state index < -0.39 is 54.5 Å². The Kier molecular flexibility index (Phi) is 10.1. The van der Waals surface area contributed by atoms with Crippen LogP contribution in [-0.4, -0.2) is 70.4 Å². The van der Waals surface area contributed by atoms with E-state index in [0.29, 0.717) is 5.56 Å². The highest BCUT2D eigenvalue weighted by atomic mass is 32.1. The second-order valence-corrected chi connectivity index (χ2v) is 6.73. The van der Waals surface area contributed by atoms with Crippen LogP contribution in [0, 0.1) is 0 Å². The number of benzene rings is 1. The summed E-state index contributed by atoms with van der Waals surface area (Å²) in [5.41, 5.74) is 6.12. The highest BCUT2D eigenvalue weighted by Crippen LogP contribution is 2.04. The van der Waals surface area contributed by atoms with Crippen molar-refractivity contribution in [2.24, 2.45) is 5.73 Å². The molecule has 0 saturated heterocycles. The van der Waals surface area contributed by atoms with Gasteiger partial charge >= 0.3 is 5.97 Å². The average molecular weight is 426 g/mol. The Morgan fingerprint density at radius 2 is 1.48 bits per heavy atom. The number of carboxylic acid groups (broad SMARTS) is 1. The number of carbonyl (C=O) groups is 4. The number of thiol groups is 1. The van der Waals surface area contributed by atoms with Crippen LogP contribution in [0.3, 0.4) is 0 Å². The number of hydrogen-bond acceptors (Lipinski definition) is 7. The van der Waals surface area contributed by atoms with E-state index in [9.17, 15) is 29.4 Å². The lowest BCUT2D eigenvalue weighted by molar-refractivity contribution is -0.142. The topological polar surface area (TPSA) is 171 Å². The molecule has 1 aromatic rings. The van der Waals surface area contributed by atoms with E-state index in [1.165, 1.54) is 6.92 Å². The Morgan fingerprint density at radius 3 is 1.97 bits per heavy atom. The van der Waals surface area contributed by atoms with Gasteiger partial charge in [0, 0.05) is 12.2 Å². The molecule has 4 unspecified atom stereocenters. The number of nitrogens with one attached hydrogen (secondary N) is 3. The van der Waals surface area contributed by atoms with Gasteiger partial charge in [-0.1, -0.05) is 30.3 Å². The number of aliphatic hydroxyl groups is 1. The molecule has 0 fully saturated rings. The van der Waals surface area contributed by atoms with Gasteiger partial charge in [0.2, 0.25) is 17.7 Å². The molecule has 29 heavy (non-hydrogen) atoms. The summed E-state index contributed by atoms with van der Waals surface area (Å²) in [4.78, 5) is 47.8. The number of amides is 3. The zero-order valence-electron chi connectivity index (χ0n) is 15.9. The third-order valence-electron chi connectivity index (χ3n) is 3.94. The Bertz CT molecular complexity index is 716. The van der Waals surface area contributed by atoms with Crippen molar-refractivity contribution < 1.29 is 29.4 Å². The summed E-state index contributed by atoms with van der Waals surface area (Å²) in [7, 11) is 0. The molecule has 1 rings (SSSR count). The second kappa shape index (κ2) is 12.0. The zero-order valence-corrected chi connectivity index (χ0v) is 16.8. The number of carboxylic acids is 1. The highest BCUT2D eigenvalue weighted by molar-refractivity contribution is 7.80. The molecule has 11 heteroatoms. The molecule has 0 heterocycles. The predicted molar refractivity (Wildman–Crippen MR) is 108 cm³/mol. The molecule has 7 N–H and O–H groups in total. The van der Waals surface area contributed by atoms with Crippen LogP contribution in [-0.2, 0) is 25.6 Å². The van der Waals surface area contributed by atoms with Crippen molar-refractivity contribution in [1.82, 2.24) is 16.0 Å². The number of aliphatic hydroxyl groups excluding tert-OH is 1. The molecule has 0 bridgehead atoms. The lowest BCUT2D eigenvalue weighted by Gasteiger charge is -2.23. The minimum absolute atomic E-state index is 0.0544. The van der Waals surface area contributed by atoms with Gasteiger partial charge in [0.1, 0.15) is 18.1 Å². The summed E-state index contributed by atoms with van der Waals surface area (Å²) in [5, 5.41) is 25.7. The number of carbonyl (C=O) groups excluding carboxylic acids is 3. The molecule has 3 amide bonds. The Labute approximate surface area is 173 Å². The SMILES string of the molecule is CC(N)C(=O)NC(CO)C(=O)NC(CS)C(=O)NC(Cc1ccccc1)C(=O)O. The smallest absolute Gasteiger partial charge is 0.326 e. The van der Waals surface area contributed by atoms with Gasteiger partial charge in [-0.15, -0.1) is 0 Å². The average Bonchev–Trinajstić information content (AvgIpc) is 2.69. The van der Waals surface area contributed by atoms with E-state index in [2.05, 4.69) is 28.6 Å². The third-order valence-corrected chi connectivity index (χ3v) is 4.31. The molecule has 0 radical (unpaired) electrons. The fourth-order valence-corrected chi connectivity index (χ4v) is 2.54. The van der Waals surface area contributed by atoms with Crippen LogP contribution in [0.2, 0.25) is 0 Å². The minimum Gasteiger partial charge on any atom is -0.480 e. The third kappa shape index (κ3) is 8.10. The largest absolute Gasteiger partial charge is 0.480 e. The van der Waals surface area contributed by atoms with Crippen LogP contribution in [0.25, 0.3) is 0 Å². The second-order valence-electron chi connectivity index (χ2n) is 6.37. The van der Waals surface area contributed by atoms with Crippen LogP contribution in [0.15, 0.2) is 30.3 Å². The van der Waals surface area contributed by atoms with E-state index in [4.69, 9.17) is 5.73 Å². The van der Waals surface area contributed by atoms with Crippen molar-refractivity contribution in [2.75, 3.05) is 12.4 Å². The fourth-order valence-electron chi connectivity index (χ4n) is 2.29. The number of rotatable bonds is 11. The monoisotopic (exact) mass is 426 g/mol. The molecular formula is C18H26N4O6S. The van der Waals surface area contributed by atoms with Gasteiger partial charge in [-0.3, -0.25) is 14.4 Å². The van der Waals surface area contributed by atoms with Crippen LogP contribution < -0.4 is 21.7 Å². The summed E-state index contributed by atoms with van der Waals surface area (Å²) in [6.07, 6.45) is 0.0544. The summed E-state index contributed by atoms with van der Waals surface area (Å²) >= 11 is 4.01. The molecule has 0 saturated carbocycles. The summed E-state index contributed by atoms with van der Waals surface area (Å²) in [5.74, 6) is -3.60. The Morgan fingerprint density at radius 1 is 0.966 bits per heavy atom. The Hall–Kier alpha value is -2.63. The maximum atomic E-state index is 12.4. The first-order chi connectivity index (χ1) is 13.7. The maximum Gasteiger partial charge on any atom is 0.326 e. The molecule has 1 aromatic carbocycles. The lowest BCUT2D eigenvalue weighted by Crippen LogP contribution is -2.58. The summed E-state index contributed by atoms with van der Waals surface area (Å²) in [6.45, 7) is 0.696. The lowest BCUT2D eigenvalue weighted by atomic mass is 10.1. The highest BCUT2D eigenvalue weighted by Gasteiger charge is 2.29. The van der Waals surface area contributed by atoms with Crippen molar-refractivity contribution in [3.8, 4) is 0 Å². The first-order valence-corrected chi connectivity index (χ1v) is 9.48. The fraction of sp³-hybridized carbons (Fsp3) is 0.444. The standard InChI is InChI=1S/C18H26N4O6S/c1-10(19)15(24)21-13(8-23)16(25)22-14(9-29)17(26)20-12(18(27)28)7-11-5-3-2-4-6-11/h2-6,10,12-14,23,29H,7-9,19H2,1H3,(H,20,26)(H,21,24)(H,22,25)(H,27,28). The molecule has 160 valence electrons. The molecule has 0 aliphatic carbocycles. The van der Waals surface area contributed by atoms with Crippen LogP contribution in [0.4, 0.5) is 0 Å². The van der Waals surface area contributed by atoms with Gasteiger partial charge in [0.05, 0.1) is 12.6 Å². The van der Waals surface area contributed by atoms with Gasteiger partial charge in [0.15, 0.2) is 0 Å². The van der Waals surface area contributed by atoms with Crippen molar-refractivity contribution in [1.29, 1.82) is 0 Å². The molecule has 0 spiro atoms. The van der Waals surface area contributed by atoms with Gasteiger partial charge in [-0.25, -0.2) is 4.79 Å². The van der Waals surface area contributed by atoms with E-state index in [-0.39, 0.29) is 12.2 Å². The molecule has 0 aliphatic rings. The Balaban J connectivity index is 2.76. The van der Waals surface area contributed by atoms with Gasteiger partial charge in [0.25, 0.3) is 0 Å². The molecule has 4 atom stereocenters. The molecule has 0 aliphatic heterocycles. The quantitative estimate of drug-likeness (QED) is 0.201. The van der Waals surface area contributed by atoms with E-state index >= 15 is 0 Å². The van der Waals surface area contributed by atoms with Crippen molar-refractivity contribution in [2.45, 2.75) is 37.5 Å². The minimum atomic E-state index is -1.32. The zero-order chi connectivity index (χ0) is 22.0. The van der Waals surface area contributed by atoms with Gasteiger partial charge in [-0.2, -0.15) is 12.6 Å². The van der Waals surface area contributed by atoms with Crippen molar-refractivity contribution >= 4 is 36.3 Å². The van der Waals surface area contributed by atoms with Crippen LogP contribution in [0.5, 0.6) is 0 Å². The van der Waals surface area contributed by atoms with Crippen LogP contribution in [0.1, 0.15) is 12.5 Å². The maximum absolute atomic E-state index is 12.4.